The molecule has 1 aliphatic rings. The lowest BCUT2D eigenvalue weighted by Gasteiger charge is -2.35. The summed E-state index contributed by atoms with van der Waals surface area (Å²) in [7, 11) is 0. The van der Waals surface area contributed by atoms with Crippen LogP contribution >= 0.6 is 0 Å². The number of halogens is 1. The van der Waals surface area contributed by atoms with Gasteiger partial charge in [0.05, 0.1) is 0 Å². The first-order valence-electron chi connectivity index (χ1n) is 6.64. The van der Waals surface area contributed by atoms with Gasteiger partial charge in [0.2, 0.25) is 11.9 Å². The summed E-state index contributed by atoms with van der Waals surface area (Å²) in [4.78, 5) is 16.9. The molecule has 0 saturated carbocycles. The molecule has 0 radical (unpaired) electrons. The molecule has 0 amide bonds. The molecule has 5 nitrogen and oxygen atoms in total. The van der Waals surface area contributed by atoms with Gasteiger partial charge in [0.25, 0.3) is 0 Å². The predicted molar refractivity (Wildman–Crippen MR) is 75.4 cm³/mol. The second kappa shape index (κ2) is 5.40. The Morgan fingerprint density at radius 2 is 1.75 bits per heavy atom. The van der Waals surface area contributed by atoms with Gasteiger partial charge in [-0.15, -0.1) is 0 Å². The molecule has 3 heterocycles. The standard InChI is InChI=1S/C14H16FN5/c1-11-5-6-16-14(17-11)20-9-7-19(8-10-20)13-4-2-3-12(15)18-13/h2-6H,7-10H2,1H3. The van der Waals surface area contributed by atoms with Crippen LogP contribution in [-0.2, 0) is 0 Å². The normalized spacial score (nSPS) is 15.5. The number of anilines is 2. The molecule has 1 aliphatic heterocycles. The maximum Gasteiger partial charge on any atom is 0.225 e. The van der Waals surface area contributed by atoms with Crippen molar-refractivity contribution in [2.24, 2.45) is 0 Å². The molecule has 0 atom stereocenters. The molecule has 2 aromatic rings. The smallest absolute Gasteiger partial charge is 0.225 e. The number of aromatic nitrogens is 3. The zero-order valence-electron chi connectivity index (χ0n) is 11.3. The number of nitrogens with zero attached hydrogens (tertiary/aromatic N) is 5. The fourth-order valence-electron chi connectivity index (χ4n) is 2.30. The Hall–Kier alpha value is -2.24. The molecule has 0 aromatic carbocycles. The van der Waals surface area contributed by atoms with E-state index in [9.17, 15) is 4.39 Å². The average molecular weight is 273 g/mol. The van der Waals surface area contributed by atoms with Gasteiger partial charge in [0.15, 0.2) is 0 Å². The maximum absolute atomic E-state index is 13.1. The van der Waals surface area contributed by atoms with Crippen LogP contribution < -0.4 is 9.80 Å². The minimum Gasteiger partial charge on any atom is -0.353 e. The monoisotopic (exact) mass is 273 g/mol. The van der Waals surface area contributed by atoms with Crippen LogP contribution in [0.25, 0.3) is 0 Å². The van der Waals surface area contributed by atoms with Gasteiger partial charge in [-0.25, -0.2) is 15.0 Å². The molecule has 6 heteroatoms. The third kappa shape index (κ3) is 2.68. The second-order valence-corrected chi connectivity index (χ2v) is 4.79. The van der Waals surface area contributed by atoms with Crippen LogP contribution in [0.2, 0.25) is 0 Å². The average Bonchev–Trinajstić information content (AvgIpc) is 2.47. The summed E-state index contributed by atoms with van der Waals surface area (Å²) in [5.41, 5.74) is 0.962. The zero-order chi connectivity index (χ0) is 13.9. The number of pyridine rings is 1. The van der Waals surface area contributed by atoms with E-state index in [1.807, 2.05) is 19.1 Å². The largest absolute Gasteiger partial charge is 0.353 e. The minimum absolute atomic E-state index is 0.438. The van der Waals surface area contributed by atoms with Crippen molar-refractivity contribution in [2.45, 2.75) is 6.92 Å². The fraction of sp³-hybridized carbons (Fsp3) is 0.357. The lowest BCUT2D eigenvalue weighted by Crippen LogP contribution is -2.47. The summed E-state index contributed by atoms with van der Waals surface area (Å²) >= 11 is 0. The molecule has 0 unspecified atom stereocenters. The van der Waals surface area contributed by atoms with E-state index in [2.05, 4.69) is 24.8 Å². The van der Waals surface area contributed by atoms with Gasteiger partial charge in [0.1, 0.15) is 5.82 Å². The zero-order valence-corrected chi connectivity index (χ0v) is 11.3. The van der Waals surface area contributed by atoms with Crippen LogP contribution in [-0.4, -0.2) is 41.1 Å². The predicted octanol–water partition coefficient (Wildman–Crippen LogP) is 1.65. The number of aryl methyl sites for hydroxylation is 1. The van der Waals surface area contributed by atoms with Crippen LogP contribution in [0.1, 0.15) is 5.69 Å². The highest BCUT2D eigenvalue weighted by molar-refractivity contribution is 5.42. The maximum atomic E-state index is 13.1. The van der Waals surface area contributed by atoms with Crippen LogP contribution in [0.5, 0.6) is 0 Å². The van der Waals surface area contributed by atoms with Gasteiger partial charge in [-0.05, 0) is 25.1 Å². The molecule has 20 heavy (non-hydrogen) atoms. The van der Waals surface area contributed by atoms with E-state index in [1.165, 1.54) is 6.07 Å². The van der Waals surface area contributed by atoms with E-state index in [4.69, 9.17) is 0 Å². The lowest BCUT2D eigenvalue weighted by atomic mass is 10.3. The number of hydrogen-bond donors (Lipinski definition) is 0. The van der Waals surface area contributed by atoms with Gasteiger partial charge in [-0.2, -0.15) is 4.39 Å². The molecule has 0 N–H and O–H groups in total. The summed E-state index contributed by atoms with van der Waals surface area (Å²) in [5.74, 6) is 1.01. The number of piperazine rings is 1. The van der Waals surface area contributed by atoms with Crippen molar-refractivity contribution in [3.63, 3.8) is 0 Å². The van der Waals surface area contributed by atoms with E-state index >= 15 is 0 Å². The van der Waals surface area contributed by atoms with Crippen LogP contribution in [0.15, 0.2) is 30.5 Å². The quantitative estimate of drug-likeness (QED) is 0.778. The van der Waals surface area contributed by atoms with E-state index in [0.717, 1.165) is 37.8 Å². The van der Waals surface area contributed by atoms with Gasteiger partial charge < -0.3 is 9.80 Å². The molecule has 2 aromatic heterocycles. The van der Waals surface area contributed by atoms with Gasteiger partial charge >= 0.3 is 0 Å². The Labute approximate surface area is 117 Å². The van der Waals surface area contributed by atoms with Crippen molar-refractivity contribution in [3.05, 3.63) is 42.1 Å². The van der Waals surface area contributed by atoms with Crippen molar-refractivity contribution in [1.82, 2.24) is 15.0 Å². The highest BCUT2D eigenvalue weighted by Crippen LogP contribution is 2.16. The first-order chi connectivity index (χ1) is 9.72. The number of hydrogen-bond acceptors (Lipinski definition) is 5. The van der Waals surface area contributed by atoms with Crippen LogP contribution in [0.3, 0.4) is 0 Å². The Bertz CT molecular complexity index is 542. The number of rotatable bonds is 2. The Balaban J connectivity index is 1.68. The molecule has 1 fully saturated rings. The molecule has 1 saturated heterocycles. The third-order valence-electron chi connectivity index (χ3n) is 3.37. The Morgan fingerprint density at radius 3 is 2.45 bits per heavy atom. The molecule has 3 rings (SSSR count). The van der Waals surface area contributed by atoms with Crippen molar-refractivity contribution < 1.29 is 4.39 Å². The molecular formula is C14H16FN5. The second-order valence-electron chi connectivity index (χ2n) is 4.79. The van der Waals surface area contributed by atoms with E-state index in [-0.39, 0.29) is 0 Å². The van der Waals surface area contributed by atoms with Crippen molar-refractivity contribution in [2.75, 3.05) is 36.0 Å². The Morgan fingerprint density at radius 1 is 1.00 bits per heavy atom. The minimum atomic E-state index is -0.438. The summed E-state index contributed by atoms with van der Waals surface area (Å²) in [6, 6.07) is 6.77. The van der Waals surface area contributed by atoms with Crippen LogP contribution in [0.4, 0.5) is 16.2 Å². The van der Waals surface area contributed by atoms with Gasteiger partial charge in [0, 0.05) is 38.1 Å². The first-order valence-corrected chi connectivity index (χ1v) is 6.64. The lowest BCUT2D eigenvalue weighted by molar-refractivity contribution is 0.573. The molecule has 0 bridgehead atoms. The highest BCUT2D eigenvalue weighted by atomic mass is 19.1. The van der Waals surface area contributed by atoms with Gasteiger partial charge in [-0.1, -0.05) is 6.07 Å². The van der Waals surface area contributed by atoms with Crippen molar-refractivity contribution in [1.29, 1.82) is 0 Å². The van der Waals surface area contributed by atoms with Crippen molar-refractivity contribution in [3.8, 4) is 0 Å². The summed E-state index contributed by atoms with van der Waals surface area (Å²) in [6.07, 6.45) is 1.78. The van der Waals surface area contributed by atoms with E-state index < -0.39 is 5.95 Å². The first kappa shape index (κ1) is 12.8. The van der Waals surface area contributed by atoms with E-state index in [1.54, 1.807) is 12.3 Å². The molecular weight excluding hydrogens is 257 g/mol. The molecule has 104 valence electrons. The topological polar surface area (TPSA) is 45.2 Å². The fourth-order valence-corrected chi connectivity index (χ4v) is 2.30. The summed E-state index contributed by atoms with van der Waals surface area (Å²) < 4.78 is 13.1. The van der Waals surface area contributed by atoms with Crippen molar-refractivity contribution >= 4 is 11.8 Å². The summed E-state index contributed by atoms with van der Waals surface area (Å²) in [5, 5.41) is 0. The highest BCUT2D eigenvalue weighted by Gasteiger charge is 2.20. The molecule has 0 aliphatic carbocycles. The third-order valence-corrected chi connectivity index (χ3v) is 3.37. The molecule has 0 spiro atoms. The van der Waals surface area contributed by atoms with Gasteiger partial charge in [-0.3, -0.25) is 0 Å². The van der Waals surface area contributed by atoms with E-state index in [0.29, 0.717) is 5.82 Å². The SMILES string of the molecule is Cc1ccnc(N2CCN(c3cccc(F)n3)CC2)n1. The van der Waals surface area contributed by atoms with Crippen LogP contribution in [0, 0.1) is 12.9 Å². The Kier molecular flexibility index (Phi) is 3.45. The summed E-state index contributed by atoms with van der Waals surface area (Å²) in [6.45, 7) is 5.14.